The molecule has 1 aromatic heterocycles. The predicted molar refractivity (Wildman–Crippen MR) is 90.7 cm³/mol. The van der Waals surface area contributed by atoms with E-state index in [2.05, 4.69) is 41.9 Å². The Kier molecular flexibility index (Phi) is 4.90. The SMILES string of the molecule is CC(NCCCC(=O)N1Cc2ccccc2C1)c1cccs1. The van der Waals surface area contributed by atoms with E-state index in [1.165, 1.54) is 16.0 Å². The Hall–Kier alpha value is -1.65. The van der Waals surface area contributed by atoms with Gasteiger partial charge in [-0.15, -0.1) is 11.3 Å². The largest absolute Gasteiger partial charge is 0.334 e. The second-order valence-corrected chi connectivity index (χ2v) is 6.79. The number of carbonyl (C=O) groups is 1. The monoisotopic (exact) mass is 314 g/mol. The highest BCUT2D eigenvalue weighted by molar-refractivity contribution is 7.10. The highest BCUT2D eigenvalue weighted by Gasteiger charge is 2.22. The lowest BCUT2D eigenvalue weighted by atomic mass is 10.1. The Morgan fingerprint density at radius 1 is 1.23 bits per heavy atom. The molecule has 1 N–H and O–H groups in total. The number of hydrogen-bond acceptors (Lipinski definition) is 3. The summed E-state index contributed by atoms with van der Waals surface area (Å²) in [7, 11) is 0. The average molecular weight is 314 g/mol. The highest BCUT2D eigenvalue weighted by atomic mass is 32.1. The second-order valence-electron chi connectivity index (χ2n) is 5.81. The molecule has 22 heavy (non-hydrogen) atoms. The zero-order valence-electron chi connectivity index (χ0n) is 12.9. The zero-order valence-corrected chi connectivity index (χ0v) is 13.7. The van der Waals surface area contributed by atoms with Crippen LogP contribution in [0.4, 0.5) is 0 Å². The van der Waals surface area contributed by atoms with Crippen molar-refractivity contribution >= 4 is 17.2 Å². The van der Waals surface area contributed by atoms with E-state index in [9.17, 15) is 4.79 Å². The summed E-state index contributed by atoms with van der Waals surface area (Å²) >= 11 is 1.77. The molecule has 0 saturated carbocycles. The van der Waals surface area contributed by atoms with E-state index in [1.807, 2.05) is 17.0 Å². The second kappa shape index (κ2) is 7.07. The molecule has 0 fully saturated rings. The van der Waals surface area contributed by atoms with Crippen molar-refractivity contribution in [3.05, 3.63) is 57.8 Å². The molecule has 1 aromatic carbocycles. The molecule has 1 unspecified atom stereocenters. The molecule has 0 saturated heterocycles. The van der Waals surface area contributed by atoms with Gasteiger partial charge in [0.05, 0.1) is 0 Å². The first-order valence-electron chi connectivity index (χ1n) is 7.85. The number of fused-ring (bicyclic) bond motifs is 1. The molecule has 3 rings (SSSR count). The molecular weight excluding hydrogens is 292 g/mol. The van der Waals surface area contributed by atoms with Gasteiger partial charge in [-0.25, -0.2) is 0 Å². The molecule has 1 atom stereocenters. The van der Waals surface area contributed by atoms with E-state index in [0.717, 1.165) is 26.1 Å². The van der Waals surface area contributed by atoms with Gasteiger partial charge in [-0.1, -0.05) is 30.3 Å². The van der Waals surface area contributed by atoms with Gasteiger partial charge in [-0.3, -0.25) is 4.79 Å². The van der Waals surface area contributed by atoms with Crippen LogP contribution in [-0.2, 0) is 17.9 Å². The van der Waals surface area contributed by atoms with Crippen molar-refractivity contribution in [1.29, 1.82) is 0 Å². The number of nitrogens with one attached hydrogen (secondary N) is 1. The van der Waals surface area contributed by atoms with Crippen LogP contribution in [0.3, 0.4) is 0 Å². The smallest absolute Gasteiger partial charge is 0.223 e. The van der Waals surface area contributed by atoms with Crippen molar-refractivity contribution in [3.63, 3.8) is 0 Å². The molecule has 2 aromatic rings. The summed E-state index contributed by atoms with van der Waals surface area (Å²) in [5, 5.41) is 5.59. The molecule has 3 nitrogen and oxygen atoms in total. The minimum Gasteiger partial charge on any atom is -0.334 e. The van der Waals surface area contributed by atoms with E-state index in [-0.39, 0.29) is 5.91 Å². The molecule has 0 aliphatic carbocycles. The van der Waals surface area contributed by atoms with Crippen LogP contribution in [0.15, 0.2) is 41.8 Å². The molecule has 4 heteroatoms. The maximum atomic E-state index is 12.3. The normalized spacial score (nSPS) is 14.9. The minimum absolute atomic E-state index is 0.266. The Balaban J connectivity index is 1.39. The van der Waals surface area contributed by atoms with Gasteiger partial charge in [-0.2, -0.15) is 0 Å². The Labute approximate surface area is 136 Å². The quantitative estimate of drug-likeness (QED) is 0.824. The van der Waals surface area contributed by atoms with E-state index < -0.39 is 0 Å². The number of amides is 1. The van der Waals surface area contributed by atoms with Gasteiger partial charge >= 0.3 is 0 Å². The van der Waals surface area contributed by atoms with Crippen LogP contribution >= 0.6 is 11.3 Å². The van der Waals surface area contributed by atoms with Gasteiger partial charge in [0.25, 0.3) is 0 Å². The molecule has 0 spiro atoms. The summed E-state index contributed by atoms with van der Waals surface area (Å²) < 4.78 is 0. The molecule has 1 amide bonds. The topological polar surface area (TPSA) is 32.3 Å². The van der Waals surface area contributed by atoms with Gasteiger partial charge in [0.2, 0.25) is 5.91 Å². The maximum Gasteiger partial charge on any atom is 0.223 e. The van der Waals surface area contributed by atoms with Crippen molar-refractivity contribution in [3.8, 4) is 0 Å². The minimum atomic E-state index is 0.266. The van der Waals surface area contributed by atoms with Crippen LogP contribution in [-0.4, -0.2) is 17.4 Å². The first-order chi connectivity index (χ1) is 10.7. The van der Waals surface area contributed by atoms with Crippen molar-refractivity contribution < 1.29 is 4.79 Å². The Bertz CT molecular complexity index is 599. The van der Waals surface area contributed by atoms with Crippen LogP contribution in [0.2, 0.25) is 0 Å². The highest BCUT2D eigenvalue weighted by Crippen LogP contribution is 2.23. The lowest BCUT2D eigenvalue weighted by Crippen LogP contribution is -2.26. The number of nitrogens with zero attached hydrogens (tertiary/aromatic N) is 1. The summed E-state index contributed by atoms with van der Waals surface area (Å²) in [6.45, 7) is 4.60. The third-order valence-electron chi connectivity index (χ3n) is 4.18. The number of thiophene rings is 1. The van der Waals surface area contributed by atoms with Crippen molar-refractivity contribution in [2.24, 2.45) is 0 Å². The van der Waals surface area contributed by atoms with E-state index in [4.69, 9.17) is 0 Å². The van der Waals surface area contributed by atoms with Gasteiger partial charge < -0.3 is 10.2 Å². The van der Waals surface area contributed by atoms with Crippen molar-refractivity contribution in [2.45, 2.75) is 38.9 Å². The Morgan fingerprint density at radius 3 is 2.59 bits per heavy atom. The van der Waals surface area contributed by atoms with Gasteiger partial charge in [0, 0.05) is 30.4 Å². The summed E-state index contributed by atoms with van der Waals surface area (Å²) in [6.07, 6.45) is 1.51. The maximum absolute atomic E-state index is 12.3. The van der Waals surface area contributed by atoms with Gasteiger partial charge in [-0.05, 0) is 42.5 Å². The number of carbonyl (C=O) groups excluding carboxylic acids is 1. The molecular formula is C18H22N2OS. The van der Waals surface area contributed by atoms with Gasteiger partial charge in [0.15, 0.2) is 0 Å². The van der Waals surface area contributed by atoms with Crippen molar-refractivity contribution in [2.75, 3.05) is 6.54 Å². The van der Waals surface area contributed by atoms with Crippen LogP contribution in [0.25, 0.3) is 0 Å². The summed E-state index contributed by atoms with van der Waals surface area (Å²) in [6, 6.07) is 12.9. The first kappa shape index (κ1) is 15.3. The van der Waals surface area contributed by atoms with Gasteiger partial charge in [0.1, 0.15) is 0 Å². The fourth-order valence-electron chi connectivity index (χ4n) is 2.86. The van der Waals surface area contributed by atoms with E-state index in [1.54, 1.807) is 11.3 Å². The standard InChI is InChI=1S/C18H22N2OS/c1-14(17-8-5-11-22-17)19-10-4-9-18(21)20-12-15-6-2-3-7-16(15)13-20/h2-3,5-8,11,14,19H,4,9-10,12-13H2,1H3. The first-order valence-corrected chi connectivity index (χ1v) is 8.73. The van der Waals surface area contributed by atoms with E-state index in [0.29, 0.717) is 12.5 Å². The van der Waals surface area contributed by atoms with Crippen LogP contribution in [0, 0.1) is 0 Å². The fourth-order valence-corrected chi connectivity index (χ4v) is 3.62. The van der Waals surface area contributed by atoms with Crippen LogP contribution in [0.5, 0.6) is 0 Å². The number of hydrogen-bond donors (Lipinski definition) is 1. The summed E-state index contributed by atoms with van der Waals surface area (Å²) in [4.78, 5) is 15.6. The van der Waals surface area contributed by atoms with Crippen molar-refractivity contribution in [1.82, 2.24) is 10.2 Å². The number of rotatable bonds is 6. The molecule has 1 aliphatic heterocycles. The Morgan fingerprint density at radius 2 is 1.95 bits per heavy atom. The molecule has 2 heterocycles. The number of benzene rings is 1. The summed E-state index contributed by atoms with van der Waals surface area (Å²) in [5.41, 5.74) is 2.58. The predicted octanol–water partition coefficient (Wildman–Crippen LogP) is 3.72. The van der Waals surface area contributed by atoms with Crippen LogP contribution in [0.1, 0.15) is 41.8 Å². The summed E-state index contributed by atoms with van der Waals surface area (Å²) in [5.74, 6) is 0.266. The molecule has 116 valence electrons. The fraction of sp³-hybridized carbons (Fsp3) is 0.389. The third-order valence-corrected chi connectivity index (χ3v) is 5.24. The molecule has 1 aliphatic rings. The molecule has 0 radical (unpaired) electrons. The third kappa shape index (κ3) is 3.57. The lowest BCUT2D eigenvalue weighted by Gasteiger charge is -2.16. The zero-order chi connectivity index (χ0) is 15.4. The average Bonchev–Trinajstić information content (AvgIpc) is 3.19. The van der Waals surface area contributed by atoms with E-state index >= 15 is 0 Å². The molecule has 0 bridgehead atoms. The lowest BCUT2D eigenvalue weighted by molar-refractivity contribution is -0.131. The van der Waals surface area contributed by atoms with Crippen LogP contribution < -0.4 is 5.32 Å².